The van der Waals surface area contributed by atoms with Crippen molar-refractivity contribution in [2.24, 2.45) is 7.05 Å². The zero-order chi connectivity index (χ0) is 13.4. The number of rotatable bonds is 2. The topological polar surface area (TPSA) is 65.8 Å². The monoisotopic (exact) mass is 254 g/mol. The quantitative estimate of drug-likeness (QED) is 0.751. The second-order valence-electron chi connectivity index (χ2n) is 4.57. The number of hydrogen-bond acceptors (Lipinski definition) is 3. The highest BCUT2D eigenvalue weighted by atomic mass is 16.1. The number of fused-ring (bicyclic) bond motifs is 1. The molecule has 3 rings (SSSR count). The maximum absolute atomic E-state index is 12.4. The number of hydrogen-bond donors (Lipinski definition) is 1. The number of pyridine rings is 1. The summed E-state index contributed by atoms with van der Waals surface area (Å²) in [5.74, 6) is 0.465. The molecule has 96 valence electrons. The second-order valence-corrected chi connectivity index (χ2v) is 4.57. The standard InChI is InChI=1S/C14H14N4O/c1-17-8-10(7-16-17)9-18-13(15)6-11-4-2-3-5-12(11)14(18)19/h2-8H,9,15H2,1H3. The Morgan fingerprint density at radius 2 is 2.11 bits per heavy atom. The third-order valence-corrected chi connectivity index (χ3v) is 3.15. The van der Waals surface area contributed by atoms with E-state index in [1.165, 1.54) is 0 Å². The lowest BCUT2D eigenvalue weighted by Crippen LogP contribution is -2.23. The predicted octanol–water partition coefficient (Wildman–Crippen LogP) is 1.37. The lowest BCUT2D eigenvalue weighted by atomic mass is 10.1. The highest BCUT2D eigenvalue weighted by Gasteiger charge is 2.08. The summed E-state index contributed by atoms with van der Waals surface area (Å²) in [7, 11) is 1.84. The first-order chi connectivity index (χ1) is 9.15. The fourth-order valence-corrected chi connectivity index (χ4v) is 2.22. The Morgan fingerprint density at radius 3 is 2.84 bits per heavy atom. The average Bonchev–Trinajstić information content (AvgIpc) is 2.80. The van der Waals surface area contributed by atoms with Gasteiger partial charge in [-0.05, 0) is 17.5 Å². The van der Waals surface area contributed by atoms with Crippen molar-refractivity contribution in [1.82, 2.24) is 14.3 Å². The van der Waals surface area contributed by atoms with Gasteiger partial charge in [0, 0.05) is 24.2 Å². The Labute approximate surface area is 109 Å². The normalized spacial score (nSPS) is 11.0. The third kappa shape index (κ3) is 1.99. The summed E-state index contributed by atoms with van der Waals surface area (Å²) in [6, 6.07) is 9.28. The van der Waals surface area contributed by atoms with Gasteiger partial charge in [-0.25, -0.2) is 0 Å². The molecule has 0 spiro atoms. The van der Waals surface area contributed by atoms with E-state index in [2.05, 4.69) is 5.10 Å². The zero-order valence-electron chi connectivity index (χ0n) is 10.6. The van der Waals surface area contributed by atoms with E-state index in [1.54, 1.807) is 15.4 Å². The largest absolute Gasteiger partial charge is 0.385 e. The predicted molar refractivity (Wildman–Crippen MR) is 74.9 cm³/mol. The van der Waals surface area contributed by atoms with E-state index in [1.807, 2.05) is 43.6 Å². The molecule has 2 heterocycles. The molecule has 3 aromatic rings. The number of anilines is 1. The minimum Gasteiger partial charge on any atom is -0.385 e. The van der Waals surface area contributed by atoms with Crippen LogP contribution in [0.1, 0.15) is 5.56 Å². The molecule has 0 radical (unpaired) electrons. The van der Waals surface area contributed by atoms with Crippen LogP contribution in [0.4, 0.5) is 5.82 Å². The van der Waals surface area contributed by atoms with Crippen LogP contribution in [0.15, 0.2) is 47.5 Å². The summed E-state index contributed by atoms with van der Waals surface area (Å²) >= 11 is 0. The molecule has 0 bridgehead atoms. The Hall–Kier alpha value is -2.56. The zero-order valence-corrected chi connectivity index (χ0v) is 10.6. The first-order valence-electron chi connectivity index (χ1n) is 6.01. The van der Waals surface area contributed by atoms with Crippen LogP contribution < -0.4 is 11.3 Å². The molecule has 0 aliphatic heterocycles. The molecule has 0 saturated carbocycles. The van der Waals surface area contributed by atoms with Gasteiger partial charge < -0.3 is 5.73 Å². The number of benzene rings is 1. The molecule has 0 saturated heterocycles. The van der Waals surface area contributed by atoms with Crippen LogP contribution in [-0.2, 0) is 13.6 Å². The first kappa shape index (κ1) is 11.5. The van der Waals surface area contributed by atoms with Crippen LogP contribution in [0.3, 0.4) is 0 Å². The maximum Gasteiger partial charge on any atom is 0.260 e. The van der Waals surface area contributed by atoms with E-state index in [0.29, 0.717) is 17.7 Å². The number of nitrogens with zero attached hydrogens (tertiary/aromatic N) is 3. The first-order valence-corrected chi connectivity index (χ1v) is 6.01. The van der Waals surface area contributed by atoms with Gasteiger partial charge in [0.1, 0.15) is 5.82 Å². The Balaban J connectivity index is 2.15. The van der Waals surface area contributed by atoms with Crippen molar-refractivity contribution in [1.29, 1.82) is 0 Å². The third-order valence-electron chi connectivity index (χ3n) is 3.15. The summed E-state index contributed by atoms with van der Waals surface area (Å²) in [5, 5.41) is 5.64. The van der Waals surface area contributed by atoms with Gasteiger partial charge in [0.15, 0.2) is 0 Å². The summed E-state index contributed by atoms with van der Waals surface area (Å²) in [5.41, 5.74) is 6.86. The number of aromatic nitrogens is 3. The van der Waals surface area contributed by atoms with E-state index in [0.717, 1.165) is 10.9 Å². The molecule has 1 aromatic carbocycles. The van der Waals surface area contributed by atoms with Crippen LogP contribution in [0.25, 0.3) is 10.8 Å². The number of nitrogens with two attached hydrogens (primary N) is 1. The maximum atomic E-state index is 12.4. The van der Waals surface area contributed by atoms with E-state index < -0.39 is 0 Å². The van der Waals surface area contributed by atoms with Gasteiger partial charge in [0.25, 0.3) is 5.56 Å². The smallest absolute Gasteiger partial charge is 0.260 e. The van der Waals surface area contributed by atoms with Crippen molar-refractivity contribution >= 4 is 16.6 Å². The van der Waals surface area contributed by atoms with Crippen LogP contribution >= 0.6 is 0 Å². The van der Waals surface area contributed by atoms with Crippen molar-refractivity contribution in [2.45, 2.75) is 6.54 Å². The van der Waals surface area contributed by atoms with Crippen molar-refractivity contribution in [3.05, 3.63) is 58.6 Å². The van der Waals surface area contributed by atoms with E-state index in [-0.39, 0.29) is 5.56 Å². The van der Waals surface area contributed by atoms with Gasteiger partial charge in [-0.2, -0.15) is 5.10 Å². The van der Waals surface area contributed by atoms with Crippen LogP contribution in [-0.4, -0.2) is 14.3 Å². The lowest BCUT2D eigenvalue weighted by molar-refractivity contribution is 0.759. The molecule has 19 heavy (non-hydrogen) atoms. The van der Waals surface area contributed by atoms with Gasteiger partial charge in [-0.15, -0.1) is 0 Å². The summed E-state index contributed by atoms with van der Waals surface area (Å²) in [6.45, 7) is 0.434. The van der Waals surface area contributed by atoms with Crippen LogP contribution in [0, 0.1) is 0 Å². The minimum atomic E-state index is -0.0700. The molecule has 0 atom stereocenters. The fourth-order valence-electron chi connectivity index (χ4n) is 2.22. The highest BCUT2D eigenvalue weighted by Crippen LogP contribution is 2.14. The van der Waals surface area contributed by atoms with Crippen molar-refractivity contribution in [3.63, 3.8) is 0 Å². The molecule has 0 amide bonds. The van der Waals surface area contributed by atoms with Gasteiger partial charge in [-0.1, -0.05) is 18.2 Å². The van der Waals surface area contributed by atoms with Crippen molar-refractivity contribution < 1.29 is 0 Å². The number of aryl methyl sites for hydroxylation is 1. The summed E-state index contributed by atoms with van der Waals surface area (Å²) in [4.78, 5) is 12.4. The van der Waals surface area contributed by atoms with Gasteiger partial charge in [-0.3, -0.25) is 14.0 Å². The molecule has 0 aliphatic rings. The Kier molecular flexibility index (Phi) is 2.59. The van der Waals surface area contributed by atoms with Crippen LogP contribution in [0.5, 0.6) is 0 Å². The van der Waals surface area contributed by atoms with E-state index in [4.69, 9.17) is 5.73 Å². The Bertz CT molecular complexity index is 801. The molecular formula is C14H14N4O. The van der Waals surface area contributed by atoms with Crippen molar-refractivity contribution in [2.75, 3.05) is 5.73 Å². The molecule has 2 aromatic heterocycles. The highest BCUT2D eigenvalue weighted by molar-refractivity contribution is 5.83. The number of nitrogen functional groups attached to an aromatic ring is 1. The van der Waals surface area contributed by atoms with E-state index in [9.17, 15) is 4.79 Å². The molecule has 5 heteroatoms. The molecule has 5 nitrogen and oxygen atoms in total. The van der Waals surface area contributed by atoms with Crippen LogP contribution in [0.2, 0.25) is 0 Å². The fraction of sp³-hybridized carbons (Fsp3) is 0.143. The SMILES string of the molecule is Cn1cc(Cn2c(N)cc3ccccc3c2=O)cn1. The summed E-state index contributed by atoms with van der Waals surface area (Å²) < 4.78 is 3.27. The molecule has 0 unspecified atom stereocenters. The summed E-state index contributed by atoms with van der Waals surface area (Å²) in [6.07, 6.45) is 3.61. The lowest BCUT2D eigenvalue weighted by Gasteiger charge is -2.10. The second kappa shape index (κ2) is 4.28. The molecule has 0 fully saturated rings. The van der Waals surface area contributed by atoms with Gasteiger partial charge in [0.2, 0.25) is 0 Å². The molecule has 2 N–H and O–H groups in total. The molecular weight excluding hydrogens is 240 g/mol. The van der Waals surface area contributed by atoms with E-state index >= 15 is 0 Å². The average molecular weight is 254 g/mol. The minimum absolute atomic E-state index is 0.0700. The molecule has 0 aliphatic carbocycles. The van der Waals surface area contributed by atoms with Crippen molar-refractivity contribution in [3.8, 4) is 0 Å². The van der Waals surface area contributed by atoms with Gasteiger partial charge in [0.05, 0.1) is 12.7 Å². The van der Waals surface area contributed by atoms with Gasteiger partial charge >= 0.3 is 0 Å². The Morgan fingerprint density at radius 1 is 1.32 bits per heavy atom.